The lowest BCUT2D eigenvalue weighted by molar-refractivity contribution is 0.102. The molecule has 1 N–H and O–H groups in total. The summed E-state index contributed by atoms with van der Waals surface area (Å²) >= 11 is 0. The molecule has 0 aliphatic rings. The molecule has 12 heteroatoms. The Hall–Kier alpha value is -4.19. The molecule has 2 aromatic carbocycles. The largest absolute Gasteiger partial charge is 0.439 e. The summed E-state index contributed by atoms with van der Waals surface area (Å²) in [5.74, 6) is -2.80. The molecule has 0 aliphatic carbocycles. The van der Waals surface area contributed by atoms with Crippen molar-refractivity contribution in [2.45, 2.75) is 17.6 Å². The summed E-state index contributed by atoms with van der Waals surface area (Å²) in [6, 6.07) is 14.3. The van der Waals surface area contributed by atoms with Crippen molar-refractivity contribution < 1.29 is 26.7 Å². The van der Waals surface area contributed by atoms with Crippen molar-refractivity contribution in [3.8, 4) is 17.4 Å². The van der Waals surface area contributed by atoms with Gasteiger partial charge in [0.05, 0.1) is 10.5 Å². The highest BCUT2D eigenvalue weighted by Gasteiger charge is 2.30. The molecule has 0 spiro atoms. The fourth-order valence-corrected chi connectivity index (χ4v) is 3.95. The zero-order chi connectivity index (χ0) is 24.3. The number of sulfone groups is 1. The fraction of sp³-hybridized carbons (Fsp3) is 0.0909. The molecule has 0 fully saturated rings. The number of hydrogen-bond acceptors (Lipinski definition) is 7. The number of nitrogens with one attached hydrogen (secondary N) is 1. The Bertz CT molecular complexity index is 1430. The van der Waals surface area contributed by atoms with E-state index in [9.17, 15) is 22.0 Å². The van der Waals surface area contributed by atoms with Crippen LogP contribution in [-0.2, 0) is 9.84 Å². The number of carbonyl (C=O) groups excluding carboxylic acids is 1. The first kappa shape index (κ1) is 23.0. The maximum absolute atomic E-state index is 13.0. The second kappa shape index (κ2) is 9.35. The van der Waals surface area contributed by atoms with Crippen LogP contribution in [0.1, 0.15) is 16.2 Å². The van der Waals surface area contributed by atoms with Gasteiger partial charge < -0.3 is 10.1 Å². The Morgan fingerprint density at radius 1 is 1.06 bits per heavy atom. The van der Waals surface area contributed by atoms with E-state index >= 15 is 0 Å². The van der Waals surface area contributed by atoms with Gasteiger partial charge in [-0.1, -0.05) is 12.1 Å². The highest BCUT2D eigenvalue weighted by molar-refractivity contribution is 7.91. The number of ether oxygens (including phenoxy) is 1. The second-order valence-corrected chi connectivity index (χ2v) is 8.83. The molecule has 0 aliphatic heterocycles. The Morgan fingerprint density at radius 3 is 2.47 bits per heavy atom. The molecule has 4 aromatic rings. The van der Waals surface area contributed by atoms with Crippen LogP contribution in [0.25, 0.3) is 5.82 Å². The van der Waals surface area contributed by atoms with Gasteiger partial charge in [0.1, 0.15) is 11.6 Å². The van der Waals surface area contributed by atoms with Crippen molar-refractivity contribution in [2.24, 2.45) is 0 Å². The normalized spacial score (nSPS) is 11.4. The predicted octanol–water partition coefficient (Wildman–Crippen LogP) is 4.01. The van der Waals surface area contributed by atoms with Gasteiger partial charge in [-0.2, -0.15) is 18.9 Å². The molecule has 2 aromatic heterocycles. The van der Waals surface area contributed by atoms with E-state index in [0.717, 1.165) is 12.1 Å². The average molecular weight is 485 g/mol. The molecule has 34 heavy (non-hydrogen) atoms. The van der Waals surface area contributed by atoms with Crippen LogP contribution in [0.5, 0.6) is 11.6 Å². The molecule has 9 nitrogen and oxygen atoms in total. The zero-order valence-electron chi connectivity index (χ0n) is 17.6. The number of alkyl halides is 2. The van der Waals surface area contributed by atoms with Crippen LogP contribution in [0.3, 0.4) is 0 Å². The van der Waals surface area contributed by atoms with E-state index in [1.54, 1.807) is 48.3 Å². The highest BCUT2D eigenvalue weighted by atomic mass is 32.2. The van der Waals surface area contributed by atoms with Gasteiger partial charge in [-0.05, 0) is 49.4 Å². The maximum atomic E-state index is 13.0. The first-order valence-corrected chi connectivity index (χ1v) is 11.3. The smallest absolute Gasteiger partial charge is 0.341 e. The van der Waals surface area contributed by atoms with E-state index in [-0.39, 0.29) is 11.4 Å². The van der Waals surface area contributed by atoms with Gasteiger partial charge >= 0.3 is 5.76 Å². The molecular formula is C22H17F2N5O4S. The summed E-state index contributed by atoms with van der Waals surface area (Å²) in [6.07, 6.45) is 3.35. The SMILES string of the molecule is Cc1nc(Oc2ccc(NC(=O)c3ccccc3S(=O)(=O)C(F)F)cc2)cc(-n2cccn2)n1. The molecular weight excluding hydrogens is 468 g/mol. The van der Waals surface area contributed by atoms with Crippen molar-refractivity contribution in [1.82, 2.24) is 19.7 Å². The van der Waals surface area contributed by atoms with Gasteiger partial charge in [-0.25, -0.2) is 18.1 Å². The van der Waals surface area contributed by atoms with E-state index in [4.69, 9.17) is 4.74 Å². The number of rotatable bonds is 7. The predicted molar refractivity (Wildman–Crippen MR) is 118 cm³/mol. The molecule has 0 radical (unpaired) electrons. The Labute approximate surface area is 193 Å². The van der Waals surface area contributed by atoms with Crippen LogP contribution in [0.4, 0.5) is 14.5 Å². The van der Waals surface area contributed by atoms with E-state index in [1.165, 1.54) is 24.3 Å². The first-order chi connectivity index (χ1) is 16.2. The van der Waals surface area contributed by atoms with Gasteiger partial charge in [-0.3, -0.25) is 4.79 Å². The summed E-state index contributed by atoms with van der Waals surface area (Å²) in [6.45, 7) is 1.71. The van der Waals surface area contributed by atoms with Crippen molar-refractivity contribution >= 4 is 21.4 Å². The van der Waals surface area contributed by atoms with E-state index in [0.29, 0.717) is 23.1 Å². The Morgan fingerprint density at radius 2 is 1.79 bits per heavy atom. The number of amides is 1. The van der Waals surface area contributed by atoms with Crippen LogP contribution >= 0.6 is 0 Å². The Kier molecular flexibility index (Phi) is 6.32. The lowest BCUT2D eigenvalue weighted by Crippen LogP contribution is -2.19. The lowest BCUT2D eigenvalue weighted by Gasteiger charge is -2.11. The second-order valence-electron chi connectivity index (χ2n) is 6.94. The molecule has 4 rings (SSSR count). The van der Waals surface area contributed by atoms with Crippen molar-refractivity contribution in [3.63, 3.8) is 0 Å². The van der Waals surface area contributed by atoms with Crippen molar-refractivity contribution in [2.75, 3.05) is 5.32 Å². The number of aromatic nitrogens is 4. The number of halogens is 2. The van der Waals surface area contributed by atoms with Gasteiger partial charge in [-0.15, -0.1) is 0 Å². The number of benzene rings is 2. The standard InChI is InChI=1S/C22H17F2N5O4S/c1-14-26-19(29-12-4-11-25-29)13-20(27-14)33-16-9-7-15(8-10-16)28-21(30)17-5-2-3-6-18(17)34(31,32)22(23)24/h2-13,22H,1H3,(H,28,30). The quantitative estimate of drug-likeness (QED) is 0.420. The van der Waals surface area contributed by atoms with Crippen LogP contribution in [0, 0.1) is 6.92 Å². The first-order valence-electron chi connectivity index (χ1n) is 9.80. The summed E-state index contributed by atoms with van der Waals surface area (Å²) in [5, 5.41) is 6.62. The van der Waals surface area contributed by atoms with Gasteiger partial charge in [0.25, 0.3) is 5.91 Å². The number of carbonyl (C=O) groups is 1. The summed E-state index contributed by atoms with van der Waals surface area (Å²) in [5.41, 5.74) is -0.0802. The molecule has 0 bridgehead atoms. The molecule has 2 heterocycles. The molecule has 0 atom stereocenters. The number of aryl methyl sites for hydroxylation is 1. The monoisotopic (exact) mass is 485 g/mol. The van der Waals surface area contributed by atoms with E-state index < -0.39 is 26.4 Å². The van der Waals surface area contributed by atoms with Gasteiger partial charge in [0, 0.05) is 24.1 Å². The summed E-state index contributed by atoms with van der Waals surface area (Å²) < 4.78 is 57.1. The minimum atomic E-state index is -4.94. The van der Waals surface area contributed by atoms with Crippen LogP contribution in [-0.4, -0.2) is 39.8 Å². The zero-order valence-corrected chi connectivity index (χ0v) is 18.4. The van der Waals surface area contributed by atoms with Crippen molar-refractivity contribution in [3.05, 3.63) is 84.4 Å². The van der Waals surface area contributed by atoms with Gasteiger partial charge in [0.2, 0.25) is 15.7 Å². The summed E-state index contributed by atoms with van der Waals surface area (Å²) in [7, 11) is -4.94. The average Bonchev–Trinajstić information content (AvgIpc) is 3.35. The van der Waals surface area contributed by atoms with Crippen molar-refractivity contribution in [1.29, 1.82) is 0 Å². The van der Waals surface area contributed by atoms with Crippen LogP contribution < -0.4 is 10.1 Å². The molecule has 1 amide bonds. The fourth-order valence-electron chi connectivity index (χ4n) is 3.02. The molecule has 174 valence electrons. The number of nitrogens with zero attached hydrogens (tertiary/aromatic N) is 4. The maximum Gasteiger partial charge on any atom is 0.341 e. The topological polar surface area (TPSA) is 116 Å². The minimum Gasteiger partial charge on any atom is -0.439 e. The molecule has 0 unspecified atom stereocenters. The van der Waals surface area contributed by atoms with Gasteiger partial charge in [0.15, 0.2) is 5.82 Å². The van der Waals surface area contributed by atoms with Crippen LogP contribution in [0.15, 0.2) is 78.0 Å². The number of hydrogen-bond donors (Lipinski definition) is 1. The Balaban J connectivity index is 1.50. The molecule has 0 saturated heterocycles. The molecule has 0 saturated carbocycles. The summed E-state index contributed by atoms with van der Waals surface area (Å²) in [4.78, 5) is 20.4. The highest BCUT2D eigenvalue weighted by Crippen LogP contribution is 2.25. The van der Waals surface area contributed by atoms with Crippen LogP contribution in [0.2, 0.25) is 0 Å². The van der Waals surface area contributed by atoms with E-state index in [2.05, 4.69) is 20.4 Å². The third-order valence-electron chi connectivity index (χ3n) is 4.55. The number of anilines is 1. The third-order valence-corrected chi connectivity index (χ3v) is 5.99. The minimum absolute atomic E-state index is 0.279. The van der Waals surface area contributed by atoms with E-state index in [1.807, 2.05) is 0 Å². The third kappa shape index (κ3) is 4.91. The lowest BCUT2D eigenvalue weighted by atomic mass is 10.2.